The normalized spacial score (nSPS) is 15.3. The molecule has 11 heteroatoms. The van der Waals surface area contributed by atoms with E-state index in [0.29, 0.717) is 11.3 Å². The third-order valence-electron chi connectivity index (χ3n) is 3.09. The zero-order valence-electron chi connectivity index (χ0n) is 15.8. The van der Waals surface area contributed by atoms with Crippen LogP contribution in [0.5, 0.6) is 0 Å². The van der Waals surface area contributed by atoms with Gasteiger partial charge in [0.05, 0.1) is 9.77 Å². The first-order valence-corrected chi connectivity index (χ1v) is 10.6. The molecule has 3 N–H and O–H groups in total. The number of rotatable bonds is 6. The number of nitrogens with one attached hydrogen (secondary N) is 1. The van der Waals surface area contributed by atoms with Crippen LogP contribution in [0.3, 0.4) is 0 Å². The maximum Gasteiger partial charge on any atom is 0.408 e. The van der Waals surface area contributed by atoms with Gasteiger partial charge >= 0.3 is 6.09 Å². The molecule has 1 aromatic rings. The molecule has 154 valence electrons. The molecule has 1 unspecified atom stereocenters. The average Bonchev–Trinajstić information content (AvgIpc) is 2.93. The predicted molar refractivity (Wildman–Crippen MR) is 99.9 cm³/mol. The predicted octanol–water partition coefficient (Wildman–Crippen LogP) is 3.85. The topological polar surface area (TPSA) is 111 Å². The summed E-state index contributed by atoms with van der Waals surface area (Å²) in [6.07, 6.45) is -3.55. The first kappa shape index (κ1) is 23.4. The Bertz CT molecular complexity index is 794. The summed E-state index contributed by atoms with van der Waals surface area (Å²) in [5.41, 5.74) is -0.781. The number of halogens is 2. The molecule has 0 aliphatic carbocycles. The van der Waals surface area contributed by atoms with Gasteiger partial charge in [-0.25, -0.2) is 22.9 Å². The minimum atomic E-state index is -3.88. The van der Waals surface area contributed by atoms with Gasteiger partial charge in [0, 0.05) is 0 Å². The van der Waals surface area contributed by atoms with Crippen LogP contribution < -0.4 is 10.5 Å². The van der Waals surface area contributed by atoms with Crippen LogP contribution in [-0.4, -0.2) is 27.9 Å². The second-order valence-corrected chi connectivity index (χ2v) is 9.98. The number of carbonyl (C=O) groups is 2. The number of thiophene rings is 1. The maximum atomic E-state index is 13.0. The van der Waals surface area contributed by atoms with E-state index in [1.807, 2.05) is 13.8 Å². The minimum absolute atomic E-state index is 0.0179. The molecule has 0 saturated heterocycles. The SMILES string of the molecule is CC(C)C[C@H](NC(=O)OC(C)(C)C)C(=O)N=S(N)(=O)c1ccsc1C(F)F. The van der Waals surface area contributed by atoms with Gasteiger partial charge in [0.25, 0.3) is 12.3 Å². The highest BCUT2D eigenvalue weighted by Crippen LogP contribution is 2.31. The van der Waals surface area contributed by atoms with Crippen molar-refractivity contribution < 1.29 is 27.3 Å². The number of ether oxygens (including phenoxy) is 1. The molecule has 7 nitrogen and oxygen atoms in total. The number of carbonyl (C=O) groups excluding carboxylic acids is 2. The summed E-state index contributed by atoms with van der Waals surface area (Å²) in [5, 5.41) is 9.27. The van der Waals surface area contributed by atoms with E-state index in [1.165, 1.54) is 5.38 Å². The Hall–Kier alpha value is -1.59. The molecule has 0 spiro atoms. The lowest BCUT2D eigenvalue weighted by atomic mass is 10.0. The Kier molecular flexibility index (Phi) is 7.87. The first-order valence-electron chi connectivity index (χ1n) is 8.16. The largest absolute Gasteiger partial charge is 0.444 e. The van der Waals surface area contributed by atoms with Crippen molar-refractivity contribution in [2.75, 3.05) is 0 Å². The van der Waals surface area contributed by atoms with Crippen LogP contribution in [0.2, 0.25) is 0 Å². The summed E-state index contributed by atoms with van der Waals surface area (Å²) < 4.78 is 47.2. The van der Waals surface area contributed by atoms with E-state index >= 15 is 0 Å². The van der Waals surface area contributed by atoms with Crippen molar-refractivity contribution in [3.63, 3.8) is 0 Å². The monoisotopic (exact) mass is 425 g/mol. The van der Waals surface area contributed by atoms with Gasteiger partial charge in [-0.05, 0) is 44.6 Å². The number of nitrogens with two attached hydrogens (primary N) is 1. The van der Waals surface area contributed by atoms with E-state index in [2.05, 4.69) is 9.68 Å². The maximum absolute atomic E-state index is 13.0. The van der Waals surface area contributed by atoms with Crippen molar-refractivity contribution in [1.82, 2.24) is 5.32 Å². The highest BCUT2D eigenvalue weighted by atomic mass is 32.2. The zero-order valence-corrected chi connectivity index (χ0v) is 17.5. The van der Waals surface area contributed by atoms with E-state index in [4.69, 9.17) is 9.88 Å². The Balaban J connectivity index is 3.14. The summed E-state index contributed by atoms with van der Waals surface area (Å²) in [7, 11) is -3.88. The van der Waals surface area contributed by atoms with Crippen LogP contribution >= 0.6 is 11.3 Å². The molecule has 0 saturated carbocycles. The molecule has 1 rings (SSSR count). The van der Waals surface area contributed by atoms with Gasteiger partial charge in [-0.2, -0.15) is 0 Å². The molecular formula is C16H25F2N3O4S2. The third-order valence-corrected chi connectivity index (χ3v) is 5.58. The van der Waals surface area contributed by atoms with Crippen molar-refractivity contribution in [1.29, 1.82) is 0 Å². The molecule has 1 aromatic heterocycles. The highest BCUT2D eigenvalue weighted by Gasteiger charge is 2.28. The first-order chi connectivity index (χ1) is 12.2. The van der Waals surface area contributed by atoms with Crippen LogP contribution in [0.1, 0.15) is 52.3 Å². The van der Waals surface area contributed by atoms with Gasteiger partial charge in [0.1, 0.15) is 21.6 Å². The second kappa shape index (κ2) is 9.07. The standard InChI is InChI=1S/C16H25F2N3O4S2/c1-9(2)8-10(20-15(23)25-16(3,4)5)14(22)21-27(19,24)11-6-7-26-12(11)13(17)18/h6-7,9-10,13H,8H2,1-5H3,(H,20,23)(H2,19,21,22,24)/t10-,27?/m0/s1. The molecule has 2 atom stereocenters. The fourth-order valence-electron chi connectivity index (χ4n) is 2.10. The van der Waals surface area contributed by atoms with E-state index in [9.17, 15) is 22.6 Å². The summed E-state index contributed by atoms with van der Waals surface area (Å²) in [4.78, 5) is 23.6. The van der Waals surface area contributed by atoms with Gasteiger partial charge in [-0.15, -0.1) is 15.7 Å². The lowest BCUT2D eigenvalue weighted by Gasteiger charge is -2.23. The van der Waals surface area contributed by atoms with Gasteiger partial charge in [-0.3, -0.25) is 4.79 Å². The van der Waals surface area contributed by atoms with Crippen LogP contribution in [-0.2, 0) is 19.4 Å². The third kappa shape index (κ3) is 7.51. The van der Waals surface area contributed by atoms with Crippen molar-refractivity contribution >= 4 is 33.3 Å². The summed E-state index contributed by atoms with van der Waals surface area (Å²) in [5.74, 6) is -0.982. The average molecular weight is 426 g/mol. The quantitative estimate of drug-likeness (QED) is 0.721. The summed E-state index contributed by atoms with van der Waals surface area (Å²) in [6, 6.07) is 0.0159. The molecular weight excluding hydrogens is 400 g/mol. The number of alkyl carbamates (subject to hydrolysis) is 1. The van der Waals surface area contributed by atoms with E-state index in [0.717, 1.165) is 6.07 Å². The van der Waals surface area contributed by atoms with Gasteiger partial charge in [0.15, 0.2) is 0 Å². The Morgan fingerprint density at radius 2 is 1.96 bits per heavy atom. The minimum Gasteiger partial charge on any atom is -0.444 e. The number of alkyl halides is 2. The number of nitrogens with zero attached hydrogens (tertiary/aromatic N) is 1. The van der Waals surface area contributed by atoms with Crippen molar-refractivity contribution in [3.05, 3.63) is 16.3 Å². The summed E-state index contributed by atoms with van der Waals surface area (Å²) in [6.45, 7) is 8.59. The Labute approximate surface area is 162 Å². The van der Waals surface area contributed by atoms with Gasteiger partial charge in [-0.1, -0.05) is 13.8 Å². The zero-order chi connectivity index (χ0) is 21.0. The second-order valence-electron chi connectivity index (χ2n) is 7.28. The van der Waals surface area contributed by atoms with Crippen LogP contribution in [0.25, 0.3) is 0 Å². The van der Waals surface area contributed by atoms with Crippen LogP contribution in [0.4, 0.5) is 13.6 Å². The Morgan fingerprint density at radius 1 is 1.37 bits per heavy atom. The van der Waals surface area contributed by atoms with Gasteiger partial charge in [0.2, 0.25) is 0 Å². The molecule has 0 aromatic carbocycles. The molecule has 27 heavy (non-hydrogen) atoms. The lowest BCUT2D eigenvalue weighted by Crippen LogP contribution is -2.44. The fourth-order valence-corrected chi connectivity index (χ4v) is 4.46. The van der Waals surface area contributed by atoms with Crippen molar-refractivity contribution in [2.45, 2.75) is 64.0 Å². The van der Waals surface area contributed by atoms with Crippen LogP contribution in [0.15, 0.2) is 20.7 Å². The van der Waals surface area contributed by atoms with Crippen molar-refractivity contribution in [2.24, 2.45) is 15.4 Å². The summed E-state index contributed by atoms with van der Waals surface area (Å²) >= 11 is 0.677. The lowest BCUT2D eigenvalue weighted by molar-refractivity contribution is -0.120. The Morgan fingerprint density at radius 3 is 2.44 bits per heavy atom. The van der Waals surface area contributed by atoms with Crippen molar-refractivity contribution in [3.8, 4) is 0 Å². The van der Waals surface area contributed by atoms with Crippen LogP contribution in [0, 0.1) is 5.92 Å². The number of hydrogen-bond acceptors (Lipinski definition) is 5. The molecule has 0 radical (unpaired) electrons. The molecule has 0 aliphatic rings. The molecule has 0 aliphatic heterocycles. The van der Waals surface area contributed by atoms with E-state index in [-0.39, 0.29) is 17.2 Å². The number of amides is 2. The highest BCUT2D eigenvalue weighted by molar-refractivity contribution is 7.92. The molecule has 0 fully saturated rings. The number of hydrogen-bond donors (Lipinski definition) is 2. The molecule has 2 amide bonds. The van der Waals surface area contributed by atoms with Gasteiger partial charge < -0.3 is 10.1 Å². The fraction of sp³-hybridized carbons (Fsp3) is 0.625. The van der Waals surface area contributed by atoms with E-state index in [1.54, 1.807) is 20.8 Å². The van der Waals surface area contributed by atoms with E-state index < -0.39 is 44.9 Å². The molecule has 1 heterocycles. The smallest absolute Gasteiger partial charge is 0.408 e. The molecule has 0 bridgehead atoms.